The van der Waals surface area contributed by atoms with E-state index >= 15 is 0 Å². The van der Waals surface area contributed by atoms with Gasteiger partial charge in [0, 0.05) is 18.6 Å². The summed E-state index contributed by atoms with van der Waals surface area (Å²) in [7, 11) is 0. The molecule has 0 aromatic carbocycles. The number of hydrogen-bond acceptors (Lipinski definition) is 5. The maximum absolute atomic E-state index is 4.20. The third-order valence-electron chi connectivity index (χ3n) is 2.32. The average molecular weight is 234 g/mol. The van der Waals surface area contributed by atoms with Crippen LogP contribution in [0.2, 0.25) is 0 Å². The molecule has 0 spiro atoms. The highest BCUT2D eigenvalue weighted by molar-refractivity contribution is 5.85. The van der Waals surface area contributed by atoms with E-state index in [4.69, 9.17) is 0 Å². The number of nitrogens with zero attached hydrogens (tertiary/aromatic N) is 3. The topological polar surface area (TPSA) is 78.5 Å². The van der Waals surface area contributed by atoms with Crippen LogP contribution in [0.25, 0.3) is 11.0 Å². The van der Waals surface area contributed by atoms with Crippen molar-refractivity contribution >= 4 is 16.9 Å². The maximum atomic E-state index is 4.20. The first kappa shape index (κ1) is 11.8. The van der Waals surface area contributed by atoms with Crippen LogP contribution in [-0.4, -0.2) is 38.8 Å². The van der Waals surface area contributed by atoms with Crippen LogP contribution < -0.4 is 10.6 Å². The third kappa shape index (κ3) is 3.13. The van der Waals surface area contributed by atoms with E-state index < -0.39 is 0 Å². The van der Waals surface area contributed by atoms with Crippen LogP contribution in [0.3, 0.4) is 0 Å². The van der Waals surface area contributed by atoms with Crippen LogP contribution in [0, 0.1) is 0 Å². The Morgan fingerprint density at radius 3 is 2.82 bits per heavy atom. The highest BCUT2D eigenvalue weighted by Crippen LogP contribution is 2.15. The van der Waals surface area contributed by atoms with Crippen molar-refractivity contribution in [2.75, 3.05) is 18.4 Å². The summed E-state index contributed by atoms with van der Waals surface area (Å²) in [6.45, 7) is 8.13. The first-order chi connectivity index (χ1) is 8.06. The minimum atomic E-state index is 0.137. The van der Waals surface area contributed by atoms with E-state index in [-0.39, 0.29) is 5.54 Å². The summed E-state index contributed by atoms with van der Waals surface area (Å²) in [4.78, 5) is 8.29. The predicted octanol–water partition coefficient (Wildman–Crippen LogP) is 1.15. The highest BCUT2D eigenvalue weighted by atomic mass is 15.2. The van der Waals surface area contributed by atoms with E-state index in [1.54, 1.807) is 6.20 Å². The van der Waals surface area contributed by atoms with Crippen molar-refractivity contribution in [1.82, 2.24) is 25.5 Å². The predicted molar refractivity (Wildman–Crippen MR) is 67.9 cm³/mol. The second kappa shape index (κ2) is 4.67. The fourth-order valence-electron chi connectivity index (χ4n) is 1.52. The molecule has 0 amide bonds. The van der Waals surface area contributed by atoms with Gasteiger partial charge in [0.2, 0.25) is 0 Å². The zero-order valence-electron chi connectivity index (χ0n) is 10.4. The van der Waals surface area contributed by atoms with Crippen LogP contribution in [0.4, 0.5) is 5.82 Å². The Labute approximate surface area is 100 Å². The van der Waals surface area contributed by atoms with E-state index in [1.165, 1.54) is 6.33 Å². The summed E-state index contributed by atoms with van der Waals surface area (Å²) in [6, 6.07) is 0. The first-order valence-electron chi connectivity index (χ1n) is 5.69. The van der Waals surface area contributed by atoms with E-state index in [0.717, 1.165) is 29.9 Å². The number of H-pyrrole nitrogens is 1. The second-order valence-corrected chi connectivity index (χ2v) is 4.96. The number of rotatable bonds is 4. The molecule has 92 valence electrons. The van der Waals surface area contributed by atoms with Crippen LogP contribution in [0.5, 0.6) is 0 Å². The molecular weight excluding hydrogens is 216 g/mol. The summed E-state index contributed by atoms with van der Waals surface area (Å²) in [5, 5.41) is 14.4. The van der Waals surface area contributed by atoms with Gasteiger partial charge in [0.15, 0.2) is 5.65 Å². The Morgan fingerprint density at radius 1 is 1.24 bits per heavy atom. The van der Waals surface area contributed by atoms with Gasteiger partial charge in [-0.15, -0.1) is 0 Å². The molecule has 0 bridgehead atoms. The Morgan fingerprint density at radius 2 is 2.06 bits per heavy atom. The molecule has 3 N–H and O–H groups in total. The fraction of sp³-hybridized carbons (Fsp3) is 0.545. The molecule has 6 nitrogen and oxygen atoms in total. The molecule has 2 aromatic rings. The van der Waals surface area contributed by atoms with Crippen molar-refractivity contribution in [2.45, 2.75) is 26.3 Å². The maximum Gasteiger partial charge on any atom is 0.160 e. The smallest absolute Gasteiger partial charge is 0.160 e. The summed E-state index contributed by atoms with van der Waals surface area (Å²) < 4.78 is 0. The van der Waals surface area contributed by atoms with Crippen molar-refractivity contribution in [3.8, 4) is 0 Å². The molecule has 0 aliphatic heterocycles. The molecule has 2 aromatic heterocycles. The van der Waals surface area contributed by atoms with Gasteiger partial charge in [0.25, 0.3) is 0 Å². The van der Waals surface area contributed by atoms with Gasteiger partial charge in [-0.1, -0.05) is 0 Å². The lowest BCUT2D eigenvalue weighted by Gasteiger charge is -2.20. The minimum absolute atomic E-state index is 0.137. The van der Waals surface area contributed by atoms with Crippen LogP contribution >= 0.6 is 0 Å². The summed E-state index contributed by atoms with van der Waals surface area (Å²) in [5.74, 6) is 0.819. The number of nitrogens with one attached hydrogen (secondary N) is 3. The number of anilines is 1. The summed E-state index contributed by atoms with van der Waals surface area (Å²) in [5.41, 5.74) is 0.893. The van der Waals surface area contributed by atoms with E-state index in [9.17, 15) is 0 Å². The van der Waals surface area contributed by atoms with Crippen molar-refractivity contribution in [3.05, 3.63) is 12.5 Å². The van der Waals surface area contributed by atoms with E-state index in [0.29, 0.717) is 0 Å². The zero-order chi connectivity index (χ0) is 12.3. The van der Waals surface area contributed by atoms with Crippen molar-refractivity contribution in [3.63, 3.8) is 0 Å². The molecule has 0 aliphatic carbocycles. The number of aromatic amines is 1. The summed E-state index contributed by atoms with van der Waals surface area (Å²) >= 11 is 0. The van der Waals surface area contributed by atoms with Gasteiger partial charge >= 0.3 is 0 Å². The Bertz CT molecular complexity index is 484. The molecule has 17 heavy (non-hydrogen) atoms. The lowest BCUT2D eigenvalue weighted by atomic mass is 10.1. The Hall–Kier alpha value is -1.69. The average Bonchev–Trinajstić information content (AvgIpc) is 2.71. The van der Waals surface area contributed by atoms with Gasteiger partial charge in [0.1, 0.15) is 12.1 Å². The number of hydrogen-bond donors (Lipinski definition) is 3. The van der Waals surface area contributed by atoms with E-state index in [1.807, 2.05) is 0 Å². The van der Waals surface area contributed by atoms with Crippen molar-refractivity contribution in [1.29, 1.82) is 0 Å². The molecule has 2 heterocycles. The normalized spacial score (nSPS) is 11.9. The third-order valence-corrected chi connectivity index (χ3v) is 2.32. The number of fused-ring (bicyclic) bond motifs is 1. The lowest BCUT2D eigenvalue weighted by molar-refractivity contribution is 0.435. The molecule has 0 radical (unpaired) electrons. The van der Waals surface area contributed by atoms with Crippen molar-refractivity contribution in [2.24, 2.45) is 0 Å². The first-order valence-corrected chi connectivity index (χ1v) is 5.69. The van der Waals surface area contributed by atoms with Gasteiger partial charge in [-0.05, 0) is 20.8 Å². The highest BCUT2D eigenvalue weighted by Gasteiger charge is 2.08. The molecule has 0 fully saturated rings. The van der Waals surface area contributed by atoms with Crippen LogP contribution in [0.15, 0.2) is 12.5 Å². The second-order valence-electron chi connectivity index (χ2n) is 4.96. The van der Waals surface area contributed by atoms with Crippen LogP contribution in [0.1, 0.15) is 20.8 Å². The zero-order valence-corrected chi connectivity index (χ0v) is 10.4. The largest absolute Gasteiger partial charge is 0.368 e. The molecule has 0 saturated carbocycles. The molecule has 0 atom stereocenters. The fourth-order valence-corrected chi connectivity index (χ4v) is 1.52. The molecule has 2 rings (SSSR count). The minimum Gasteiger partial charge on any atom is -0.368 e. The standard InChI is InChI=1S/C11H18N6/c1-11(2,3)15-5-4-12-9-8-6-16-17-10(8)14-7-13-9/h6-7,15H,4-5H2,1-3H3,(H2,12,13,14,16,17). The Balaban J connectivity index is 1.93. The molecule has 0 aliphatic rings. The molecule has 6 heteroatoms. The van der Waals surface area contributed by atoms with E-state index in [2.05, 4.69) is 51.6 Å². The SMILES string of the molecule is CC(C)(C)NCCNc1ncnc2[nH]ncc12. The molecule has 0 unspecified atom stereocenters. The Kier molecular flexibility index (Phi) is 3.23. The summed E-state index contributed by atoms with van der Waals surface area (Å²) in [6.07, 6.45) is 3.26. The molecule has 0 saturated heterocycles. The quantitative estimate of drug-likeness (QED) is 0.692. The monoisotopic (exact) mass is 234 g/mol. The van der Waals surface area contributed by atoms with Gasteiger partial charge in [-0.25, -0.2) is 9.97 Å². The van der Waals surface area contributed by atoms with Gasteiger partial charge in [-0.3, -0.25) is 5.10 Å². The number of aromatic nitrogens is 4. The van der Waals surface area contributed by atoms with Crippen LogP contribution in [-0.2, 0) is 0 Å². The van der Waals surface area contributed by atoms with Gasteiger partial charge in [0.05, 0.1) is 11.6 Å². The van der Waals surface area contributed by atoms with Gasteiger partial charge < -0.3 is 10.6 Å². The lowest BCUT2D eigenvalue weighted by Crippen LogP contribution is -2.38. The molecular formula is C11H18N6. The van der Waals surface area contributed by atoms with Gasteiger partial charge in [-0.2, -0.15) is 5.10 Å². The van der Waals surface area contributed by atoms with Crippen molar-refractivity contribution < 1.29 is 0 Å².